The van der Waals surface area contributed by atoms with E-state index in [0.29, 0.717) is 26.3 Å². The van der Waals surface area contributed by atoms with Crippen LogP contribution in [0.2, 0.25) is 0 Å². The number of hydrogen-bond donors (Lipinski definition) is 1. The zero-order valence-corrected chi connectivity index (χ0v) is 8.39. The summed E-state index contributed by atoms with van der Waals surface area (Å²) in [5, 5.41) is 1.55. The molecule has 0 aromatic carbocycles. The highest BCUT2D eigenvalue weighted by atomic mass is 19.4. The fourth-order valence-electron chi connectivity index (χ4n) is 1.34. The van der Waals surface area contributed by atoms with Gasteiger partial charge in [-0.1, -0.05) is 6.08 Å². The van der Waals surface area contributed by atoms with Gasteiger partial charge in [-0.25, -0.2) is 10.4 Å². The first kappa shape index (κ1) is 12.5. The number of nitrogens with one attached hydrogen (secondary N) is 1. The Morgan fingerprint density at radius 2 is 2.00 bits per heavy atom. The minimum atomic E-state index is -4.24. The highest BCUT2D eigenvalue weighted by Gasteiger charge is 2.39. The van der Waals surface area contributed by atoms with Crippen LogP contribution in [0.4, 0.5) is 13.2 Å². The van der Waals surface area contributed by atoms with Crippen molar-refractivity contribution in [2.45, 2.75) is 18.6 Å². The summed E-state index contributed by atoms with van der Waals surface area (Å²) in [6.45, 7) is 5.20. The van der Waals surface area contributed by atoms with Crippen molar-refractivity contribution in [2.24, 2.45) is 0 Å². The Bertz CT molecular complexity index is 202. The van der Waals surface area contributed by atoms with Gasteiger partial charge in [-0.2, -0.15) is 13.2 Å². The monoisotopic (exact) mass is 224 g/mol. The quantitative estimate of drug-likeness (QED) is 0.729. The number of morpholine rings is 1. The third-order valence-electron chi connectivity index (χ3n) is 2.15. The number of nitrogens with zero attached hydrogens (tertiary/aromatic N) is 1. The highest BCUT2D eigenvalue weighted by Crippen LogP contribution is 2.23. The number of alkyl halides is 3. The lowest BCUT2D eigenvalue weighted by molar-refractivity contribution is -0.171. The van der Waals surface area contributed by atoms with Gasteiger partial charge in [0.25, 0.3) is 0 Å². The Balaban J connectivity index is 2.45. The first-order valence-corrected chi connectivity index (χ1v) is 4.80. The van der Waals surface area contributed by atoms with Crippen molar-refractivity contribution < 1.29 is 17.9 Å². The van der Waals surface area contributed by atoms with Crippen LogP contribution in [0.1, 0.15) is 6.42 Å². The predicted molar refractivity (Wildman–Crippen MR) is 50.2 cm³/mol. The molecule has 88 valence electrons. The van der Waals surface area contributed by atoms with E-state index >= 15 is 0 Å². The minimum Gasteiger partial charge on any atom is -0.379 e. The molecule has 6 heteroatoms. The Labute approximate surface area is 86.9 Å². The summed E-state index contributed by atoms with van der Waals surface area (Å²) < 4.78 is 42.5. The summed E-state index contributed by atoms with van der Waals surface area (Å²) in [4.78, 5) is 0. The molecule has 1 unspecified atom stereocenters. The van der Waals surface area contributed by atoms with Crippen LogP contribution >= 0.6 is 0 Å². The van der Waals surface area contributed by atoms with Gasteiger partial charge < -0.3 is 4.74 Å². The summed E-state index contributed by atoms with van der Waals surface area (Å²) in [5.74, 6) is 0. The average molecular weight is 224 g/mol. The van der Waals surface area contributed by atoms with Crippen molar-refractivity contribution >= 4 is 0 Å². The topological polar surface area (TPSA) is 24.5 Å². The molecule has 0 aromatic heterocycles. The largest absolute Gasteiger partial charge is 0.405 e. The van der Waals surface area contributed by atoms with E-state index in [1.165, 1.54) is 6.08 Å². The Kier molecular flexibility index (Phi) is 4.56. The number of halogens is 3. The summed E-state index contributed by atoms with van der Waals surface area (Å²) in [6.07, 6.45) is -3.10. The molecule has 0 aliphatic carbocycles. The van der Waals surface area contributed by atoms with Gasteiger partial charge >= 0.3 is 6.18 Å². The lowest BCUT2D eigenvalue weighted by atomic mass is 10.2. The Morgan fingerprint density at radius 1 is 1.40 bits per heavy atom. The fourth-order valence-corrected chi connectivity index (χ4v) is 1.34. The molecule has 0 amide bonds. The zero-order valence-electron chi connectivity index (χ0n) is 8.39. The van der Waals surface area contributed by atoms with Gasteiger partial charge in [0.05, 0.1) is 13.2 Å². The van der Waals surface area contributed by atoms with Gasteiger partial charge in [-0.15, -0.1) is 6.58 Å². The summed E-state index contributed by atoms with van der Waals surface area (Å²) in [5.41, 5.74) is 2.45. The molecule has 1 saturated heterocycles. The number of rotatable bonds is 4. The van der Waals surface area contributed by atoms with E-state index in [1.807, 2.05) is 0 Å². The molecule has 15 heavy (non-hydrogen) atoms. The molecule has 0 saturated carbocycles. The predicted octanol–water partition coefficient (Wildman–Crippen LogP) is 1.33. The highest BCUT2D eigenvalue weighted by molar-refractivity contribution is 4.83. The first-order chi connectivity index (χ1) is 7.04. The lowest BCUT2D eigenvalue weighted by Gasteiger charge is -2.32. The van der Waals surface area contributed by atoms with Crippen LogP contribution < -0.4 is 5.43 Å². The Hall–Kier alpha value is -0.590. The van der Waals surface area contributed by atoms with E-state index in [4.69, 9.17) is 4.74 Å². The molecule has 3 nitrogen and oxygen atoms in total. The van der Waals surface area contributed by atoms with Crippen molar-refractivity contribution in [3.05, 3.63) is 12.7 Å². The maximum Gasteiger partial charge on any atom is 0.405 e. The molecule has 1 aliphatic rings. The molecule has 1 heterocycles. The second-order valence-corrected chi connectivity index (χ2v) is 3.35. The van der Waals surface area contributed by atoms with Gasteiger partial charge in [-0.3, -0.25) is 0 Å². The third-order valence-corrected chi connectivity index (χ3v) is 2.15. The van der Waals surface area contributed by atoms with Crippen LogP contribution in [-0.2, 0) is 4.74 Å². The van der Waals surface area contributed by atoms with E-state index in [-0.39, 0.29) is 6.42 Å². The molecule has 1 aliphatic heterocycles. The molecule has 0 aromatic rings. The summed E-state index contributed by atoms with van der Waals surface area (Å²) in [7, 11) is 0. The van der Waals surface area contributed by atoms with Gasteiger partial charge in [0.2, 0.25) is 0 Å². The molecular formula is C9H15F3N2O. The summed E-state index contributed by atoms with van der Waals surface area (Å²) >= 11 is 0. The van der Waals surface area contributed by atoms with E-state index in [1.54, 1.807) is 5.01 Å². The molecule has 1 N–H and O–H groups in total. The van der Waals surface area contributed by atoms with Gasteiger partial charge in [-0.05, 0) is 6.42 Å². The molecule has 1 rings (SSSR count). The van der Waals surface area contributed by atoms with E-state index in [2.05, 4.69) is 12.0 Å². The molecule has 0 radical (unpaired) electrons. The minimum absolute atomic E-state index is 0.124. The number of ether oxygens (including phenoxy) is 1. The van der Waals surface area contributed by atoms with Crippen molar-refractivity contribution in [3.8, 4) is 0 Å². The van der Waals surface area contributed by atoms with Gasteiger partial charge in [0.1, 0.15) is 6.04 Å². The van der Waals surface area contributed by atoms with Crippen LogP contribution in [-0.4, -0.2) is 43.5 Å². The number of hydrogen-bond acceptors (Lipinski definition) is 3. The van der Waals surface area contributed by atoms with Crippen LogP contribution in [0, 0.1) is 0 Å². The van der Waals surface area contributed by atoms with Crippen molar-refractivity contribution in [1.82, 2.24) is 10.4 Å². The molecule has 0 spiro atoms. The standard InChI is InChI=1S/C9H15F3N2O/c1-2-3-8(9(10,11)12)13-14-4-6-15-7-5-14/h2,8,13H,1,3-7H2. The normalized spacial score (nSPS) is 21.3. The second kappa shape index (κ2) is 5.48. The van der Waals surface area contributed by atoms with Crippen LogP contribution in [0.3, 0.4) is 0 Å². The maximum atomic E-state index is 12.5. The van der Waals surface area contributed by atoms with Crippen molar-refractivity contribution in [3.63, 3.8) is 0 Å². The molecular weight excluding hydrogens is 209 g/mol. The second-order valence-electron chi connectivity index (χ2n) is 3.35. The zero-order chi connectivity index (χ0) is 11.3. The van der Waals surface area contributed by atoms with Crippen LogP contribution in [0.5, 0.6) is 0 Å². The van der Waals surface area contributed by atoms with E-state index in [9.17, 15) is 13.2 Å². The number of hydrazine groups is 1. The summed E-state index contributed by atoms with van der Waals surface area (Å²) in [6, 6.07) is -1.55. The first-order valence-electron chi connectivity index (χ1n) is 4.80. The third kappa shape index (κ3) is 4.19. The smallest absolute Gasteiger partial charge is 0.379 e. The maximum absolute atomic E-state index is 12.5. The molecule has 1 atom stereocenters. The molecule has 1 fully saturated rings. The van der Waals surface area contributed by atoms with Gasteiger partial charge in [0.15, 0.2) is 0 Å². The fraction of sp³-hybridized carbons (Fsp3) is 0.778. The molecule has 0 bridgehead atoms. The van der Waals surface area contributed by atoms with Crippen LogP contribution in [0.25, 0.3) is 0 Å². The Morgan fingerprint density at radius 3 is 2.47 bits per heavy atom. The van der Waals surface area contributed by atoms with Crippen molar-refractivity contribution in [1.29, 1.82) is 0 Å². The average Bonchev–Trinajstić information content (AvgIpc) is 2.17. The lowest BCUT2D eigenvalue weighted by Crippen LogP contribution is -2.54. The van der Waals surface area contributed by atoms with E-state index < -0.39 is 12.2 Å². The SMILES string of the molecule is C=CCC(NN1CCOCC1)C(F)(F)F. The van der Waals surface area contributed by atoms with E-state index in [0.717, 1.165) is 0 Å². The van der Waals surface area contributed by atoms with Crippen molar-refractivity contribution in [2.75, 3.05) is 26.3 Å². The van der Waals surface area contributed by atoms with Gasteiger partial charge in [0, 0.05) is 13.1 Å². The van der Waals surface area contributed by atoms with Crippen LogP contribution in [0.15, 0.2) is 12.7 Å².